The lowest BCUT2D eigenvalue weighted by molar-refractivity contribution is 0.0984. The van der Waals surface area contributed by atoms with Crippen LogP contribution in [0.25, 0.3) is 0 Å². The molecule has 0 unspecified atom stereocenters. The van der Waals surface area contributed by atoms with Crippen molar-refractivity contribution in [1.82, 2.24) is 44.2 Å². The Morgan fingerprint density at radius 1 is 0.580 bits per heavy atom. The zero-order valence-corrected chi connectivity index (χ0v) is 40.3. The molecule has 6 heterocycles. The van der Waals surface area contributed by atoms with Crippen LogP contribution in [-0.4, -0.2) is 68.6 Å². The summed E-state index contributed by atoms with van der Waals surface area (Å²) in [7, 11) is 1.88. The van der Waals surface area contributed by atoms with Crippen molar-refractivity contribution in [3.63, 3.8) is 0 Å². The van der Waals surface area contributed by atoms with Gasteiger partial charge in [-0.05, 0) is 98.2 Å². The van der Waals surface area contributed by atoms with Gasteiger partial charge in [-0.25, -0.2) is 29.9 Å². The zero-order valence-electron chi connectivity index (χ0n) is 37.1. The molecule has 9 aromatic rings. The molecule has 3 aromatic carbocycles. The maximum atomic E-state index is 12.6. The molecule has 0 atom stereocenters. The third-order valence-corrected chi connectivity index (χ3v) is 11.7. The second kappa shape index (κ2) is 24.4. The number of ketones is 3. The van der Waals surface area contributed by atoms with Crippen LogP contribution in [0.3, 0.4) is 0 Å². The number of rotatable bonds is 15. The van der Waals surface area contributed by atoms with Crippen molar-refractivity contribution >= 4 is 74.8 Å². The average molecular weight is 996 g/mol. The van der Waals surface area contributed by atoms with Gasteiger partial charge in [-0.2, -0.15) is 4.37 Å². The van der Waals surface area contributed by atoms with Gasteiger partial charge in [0.1, 0.15) is 45.7 Å². The number of carbonyl (C=O) groups is 3. The van der Waals surface area contributed by atoms with Crippen molar-refractivity contribution in [1.29, 1.82) is 0 Å². The number of nitrogens with zero attached hydrogens (tertiary/aromatic N) is 10. The molecule has 0 saturated carbocycles. The van der Waals surface area contributed by atoms with Gasteiger partial charge in [0.15, 0.2) is 23.1 Å². The second-order valence-electron chi connectivity index (χ2n) is 14.8. The smallest absolute Gasteiger partial charge is 0.169 e. The Morgan fingerprint density at radius 3 is 1.91 bits per heavy atom. The van der Waals surface area contributed by atoms with Gasteiger partial charge in [0, 0.05) is 68.6 Å². The van der Waals surface area contributed by atoms with Crippen LogP contribution in [0, 0.1) is 13.8 Å². The predicted octanol–water partition coefficient (Wildman–Crippen LogP) is 11.3. The Morgan fingerprint density at radius 2 is 1.23 bits per heavy atom. The number of aryl methyl sites for hydroxylation is 2. The number of ether oxygens (including phenoxy) is 2. The summed E-state index contributed by atoms with van der Waals surface area (Å²) in [5.74, 6) is 2.76. The van der Waals surface area contributed by atoms with Gasteiger partial charge in [0.25, 0.3) is 0 Å². The summed E-state index contributed by atoms with van der Waals surface area (Å²) in [5.41, 5.74) is 4.87. The first-order valence-corrected chi connectivity index (χ1v) is 23.3. The third kappa shape index (κ3) is 15.2. The Labute approximate surface area is 415 Å². The lowest BCUT2D eigenvalue weighted by Crippen LogP contribution is -2.12. The molecule has 0 bridgehead atoms. The molecular formula is C50H40Cl2N10O5S2. The highest BCUT2D eigenvalue weighted by molar-refractivity contribution is 7.09. The highest BCUT2D eigenvalue weighted by Gasteiger charge is 2.16. The normalized spacial score (nSPS) is 10.4. The topological polar surface area (TPSA) is 189 Å². The minimum Gasteiger partial charge on any atom is -0.456 e. The van der Waals surface area contributed by atoms with E-state index < -0.39 is 0 Å². The summed E-state index contributed by atoms with van der Waals surface area (Å²) in [4.78, 5) is 71.6. The van der Waals surface area contributed by atoms with E-state index in [-0.39, 0.29) is 36.6 Å². The standard InChI is InChI=1S/C17H15ClN4OS.C17H12ClN3O2.C16H13N3O2S/c1-11-9-24-17(21-11)6-16(23)12-3-13(18)5-14(4-12)22(2)15-7-19-10-20-8-15;18-13-5-12(17(22)8-14-3-1-2-4-21-14)6-15(7-13)23-16-9-19-11-20-10-16;1-11-18-16(22-19-11)9-15(20)12-4-2-5-13(8-12)21-14-6-3-7-17-10-14/h3-5,7-10H,6H2,1-2H3;1-7,9-11H,8H2;2-8,10H,9H2,1H3. The highest BCUT2D eigenvalue weighted by atomic mass is 35.5. The Balaban J connectivity index is 0.000000153. The van der Waals surface area contributed by atoms with Crippen LogP contribution in [0.1, 0.15) is 58.3 Å². The fourth-order valence-electron chi connectivity index (χ4n) is 6.22. The van der Waals surface area contributed by atoms with E-state index in [1.807, 2.05) is 49.4 Å². The number of anilines is 2. The number of carbonyl (C=O) groups excluding carboxylic acids is 3. The molecule has 0 aliphatic carbocycles. The number of thiazole rings is 1. The van der Waals surface area contributed by atoms with Crippen molar-refractivity contribution in [2.45, 2.75) is 33.1 Å². The molecule has 0 fully saturated rings. The monoisotopic (exact) mass is 994 g/mol. The minimum atomic E-state index is -0.0830. The molecule has 19 heteroatoms. The number of hydrogen-bond acceptors (Lipinski definition) is 17. The van der Waals surface area contributed by atoms with E-state index in [1.165, 1.54) is 47.9 Å². The van der Waals surface area contributed by atoms with Crippen LogP contribution in [0.4, 0.5) is 11.4 Å². The van der Waals surface area contributed by atoms with Crippen LogP contribution < -0.4 is 14.4 Å². The van der Waals surface area contributed by atoms with Crippen molar-refractivity contribution in [2.75, 3.05) is 11.9 Å². The predicted molar refractivity (Wildman–Crippen MR) is 266 cm³/mol. The Kier molecular flexibility index (Phi) is 17.4. The van der Waals surface area contributed by atoms with E-state index >= 15 is 0 Å². The van der Waals surface area contributed by atoms with Crippen molar-refractivity contribution < 1.29 is 23.9 Å². The van der Waals surface area contributed by atoms with Gasteiger partial charge in [-0.1, -0.05) is 41.4 Å². The van der Waals surface area contributed by atoms with E-state index in [0.717, 1.165) is 27.1 Å². The molecule has 0 aliphatic rings. The molecule has 0 spiro atoms. The van der Waals surface area contributed by atoms with Crippen molar-refractivity contribution in [2.24, 2.45) is 0 Å². The molecule has 0 radical (unpaired) electrons. The molecule has 0 aliphatic heterocycles. The van der Waals surface area contributed by atoms with Crippen LogP contribution in [0.5, 0.6) is 23.0 Å². The van der Waals surface area contributed by atoms with Crippen LogP contribution >= 0.6 is 46.1 Å². The fourth-order valence-corrected chi connectivity index (χ4v) is 8.09. The van der Waals surface area contributed by atoms with Gasteiger partial charge < -0.3 is 14.4 Å². The van der Waals surface area contributed by atoms with Crippen LogP contribution in [-0.2, 0) is 19.3 Å². The van der Waals surface area contributed by atoms with Gasteiger partial charge in [0.05, 0.1) is 55.9 Å². The van der Waals surface area contributed by atoms with E-state index in [1.54, 1.807) is 104 Å². The van der Waals surface area contributed by atoms with Gasteiger partial charge >= 0.3 is 0 Å². The van der Waals surface area contributed by atoms with Crippen LogP contribution in [0.2, 0.25) is 10.0 Å². The molecule has 9 rings (SSSR count). The summed E-state index contributed by atoms with van der Waals surface area (Å²) in [6, 6.07) is 26.4. The number of halogens is 2. The molecule has 0 amide bonds. The number of benzene rings is 3. The summed E-state index contributed by atoms with van der Waals surface area (Å²) in [6.45, 7) is 3.73. The summed E-state index contributed by atoms with van der Waals surface area (Å²) >= 11 is 15.0. The summed E-state index contributed by atoms with van der Waals surface area (Å²) in [5, 5.41) is 4.40. The second-order valence-corrected chi connectivity index (χ2v) is 17.4. The first-order valence-electron chi connectivity index (χ1n) is 20.8. The molecule has 346 valence electrons. The highest BCUT2D eigenvalue weighted by Crippen LogP contribution is 2.29. The van der Waals surface area contributed by atoms with Crippen LogP contribution in [0.15, 0.2) is 152 Å². The van der Waals surface area contributed by atoms with Gasteiger partial charge in [0.2, 0.25) is 0 Å². The van der Waals surface area contributed by atoms with Crippen molar-refractivity contribution in [3.8, 4) is 23.0 Å². The number of hydrogen-bond donors (Lipinski definition) is 0. The quantitative estimate of drug-likeness (QED) is 0.0881. The summed E-state index contributed by atoms with van der Waals surface area (Å²) < 4.78 is 15.4. The first kappa shape index (κ1) is 49.2. The number of pyridine rings is 2. The van der Waals surface area contributed by atoms with E-state index in [0.29, 0.717) is 61.3 Å². The summed E-state index contributed by atoms with van der Waals surface area (Å²) in [6.07, 6.45) is 15.0. The molecule has 69 heavy (non-hydrogen) atoms. The largest absolute Gasteiger partial charge is 0.456 e. The van der Waals surface area contributed by atoms with Crippen molar-refractivity contribution in [3.05, 3.63) is 206 Å². The maximum Gasteiger partial charge on any atom is 0.169 e. The molecular weight excluding hydrogens is 956 g/mol. The minimum absolute atomic E-state index is 0.00668. The first-order chi connectivity index (χ1) is 33.4. The number of Topliss-reactive ketones (excluding diaryl/α,β-unsaturated/α-hetero) is 3. The fraction of sp³-hybridized carbons (Fsp3) is 0.120. The molecule has 15 nitrogen and oxygen atoms in total. The lowest BCUT2D eigenvalue weighted by atomic mass is 10.1. The number of aromatic nitrogens is 9. The van der Waals surface area contributed by atoms with E-state index in [2.05, 4.69) is 44.2 Å². The SMILES string of the molecule is Cc1csc(CC(=O)c2cc(Cl)cc(N(C)c3cncnc3)c2)n1.Cc1nsc(CC(=O)c2cccc(Oc3cccnc3)c2)n1.O=C(Cc1ccccn1)c1cc(Cl)cc(Oc2cncnc2)c1. The maximum absolute atomic E-state index is 12.6. The van der Waals surface area contributed by atoms with Gasteiger partial charge in [-0.15, -0.1) is 11.3 Å². The molecule has 0 saturated heterocycles. The Bertz CT molecular complexity index is 3130. The van der Waals surface area contributed by atoms with E-state index in [9.17, 15) is 14.4 Å². The third-order valence-electron chi connectivity index (χ3n) is 9.45. The lowest BCUT2D eigenvalue weighted by Gasteiger charge is -2.19. The molecule has 6 aromatic heterocycles. The zero-order chi connectivity index (χ0) is 48.5. The Hall–Kier alpha value is -7.70. The van der Waals surface area contributed by atoms with Gasteiger partial charge in [-0.3, -0.25) is 24.4 Å². The average Bonchev–Trinajstić information content (AvgIpc) is 3.98. The van der Waals surface area contributed by atoms with E-state index in [4.69, 9.17) is 32.7 Å². The molecule has 0 N–H and O–H groups in total.